The minimum Gasteiger partial charge on any atom is -0.278 e. The predicted molar refractivity (Wildman–Crippen MR) is 64.3 cm³/mol. The predicted octanol–water partition coefficient (Wildman–Crippen LogP) is 1.93. The van der Waals surface area contributed by atoms with Gasteiger partial charge in [0, 0.05) is 12.4 Å². The fourth-order valence-corrected chi connectivity index (χ4v) is 2.27. The average Bonchev–Trinajstić information content (AvgIpc) is 2.33. The summed E-state index contributed by atoms with van der Waals surface area (Å²) >= 11 is 5.60. The van der Waals surface area contributed by atoms with Crippen molar-refractivity contribution in [3.63, 3.8) is 0 Å². The van der Waals surface area contributed by atoms with Crippen molar-refractivity contribution in [1.29, 1.82) is 0 Å². The summed E-state index contributed by atoms with van der Waals surface area (Å²) in [5.41, 5.74) is 0.346. The molecule has 0 aliphatic carbocycles. The van der Waals surface area contributed by atoms with Crippen LogP contribution in [0.15, 0.2) is 47.8 Å². The summed E-state index contributed by atoms with van der Waals surface area (Å²) < 4.78 is 26.1. The molecule has 0 saturated heterocycles. The van der Waals surface area contributed by atoms with Gasteiger partial charge in [0.25, 0.3) is 10.0 Å². The number of hydrogen-bond acceptors (Lipinski definition) is 4. The van der Waals surface area contributed by atoms with Crippen LogP contribution < -0.4 is 4.72 Å². The van der Waals surface area contributed by atoms with Crippen molar-refractivity contribution in [1.82, 2.24) is 9.97 Å². The van der Waals surface area contributed by atoms with Gasteiger partial charge in [0.15, 0.2) is 0 Å². The van der Waals surface area contributed by atoms with Crippen molar-refractivity contribution in [3.8, 4) is 0 Å². The molecular formula is C10H8ClN3O2S. The number of anilines is 1. The number of nitrogens with one attached hydrogen (secondary N) is 1. The summed E-state index contributed by atoms with van der Waals surface area (Å²) in [6.45, 7) is 0. The molecule has 0 unspecified atom stereocenters. The Morgan fingerprint density at radius 1 is 1.18 bits per heavy atom. The van der Waals surface area contributed by atoms with Gasteiger partial charge in [-0.3, -0.25) is 9.71 Å². The maximum absolute atomic E-state index is 11.9. The van der Waals surface area contributed by atoms with Crippen molar-refractivity contribution >= 4 is 27.3 Å². The summed E-state index contributed by atoms with van der Waals surface area (Å²) in [6.07, 6.45) is 4.12. The zero-order chi connectivity index (χ0) is 12.3. The molecule has 2 heterocycles. The van der Waals surface area contributed by atoms with E-state index in [4.69, 9.17) is 11.6 Å². The zero-order valence-electron chi connectivity index (χ0n) is 8.54. The second-order valence-electron chi connectivity index (χ2n) is 3.16. The topological polar surface area (TPSA) is 72.0 Å². The summed E-state index contributed by atoms with van der Waals surface area (Å²) in [7, 11) is -3.62. The van der Waals surface area contributed by atoms with E-state index in [0.29, 0.717) is 10.8 Å². The zero-order valence-corrected chi connectivity index (χ0v) is 10.1. The molecule has 0 fully saturated rings. The molecule has 2 rings (SSSR count). The third-order valence-corrected chi connectivity index (χ3v) is 3.51. The monoisotopic (exact) mass is 269 g/mol. The lowest BCUT2D eigenvalue weighted by atomic mass is 10.4. The first-order valence-corrected chi connectivity index (χ1v) is 6.48. The van der Waals surface area contributed by atoms with E-state index in [1.807, 2.05) is 0 Å². The normalized spacial score (nSPS) is 11.1. The third kappa shape index (κ3) is 2.92. The molecule has 0 atom stereocenters. The van der Waals surface area contributed by atoms with Gasteiger partial charge in [-0.2, -0.15) is 0 Å². The number of nitrogens with zero attached hydrogens (tertiary/aromatic N) is 2. The Kier molecular flexibility index (Phi) is 3.26. The van der Waals surface area contributed by atoms with Gasteiger partial charge >= 0.3 is 0 Å². The van der Waals surface area contributed by atoms with Crippen LogP contribution in [0.1, 0.15) is 0 Å². The SMILES string of the molecule is O=S(=O)(Nc1ccc(Cl)nc1)c1cccnc1. The smallest absolute Gasteiger partial charge is 0.263 e. The first-order valence-electron chi connectivity index (χ1n) is 4.62. The number of pyridine rings is 2. The molecule has 0 spiro atoms. The Labute approximate surface area is 104 Å². The molecule has 0 aliphatic heterocycles. The highest BCUT2D eigenvalue weighted by Crippen LogP contribution is 2.15. The van der Waals surface area contributed by atoms with Gasteiger partial charge in [-0.1, -0.05) is 11.6 Å². The number of sulfonamides is 1. The molecule has 0 saturated carbocycles. The van der Waals surface area contributed by atoms with Gasteiger partial charge in [0.1, 0.15) is 10.0 Å². The molecule has 17 heavy (non-hydrogen) atoms. The van der Waals surface area contributed by atoms with E-state index in [1.54, 1.807) is 6.07 Å². The molecule has 0 radical (unpaired) electrons. The highest BCUT2D eigenvalue weighted by Gasteiger charge is 2.13. The maximum Gasteiger partial charge on any atom is 0.263 e. The number of rotatable bonds is 3. The summed E-state index contributed by atoms with van der Waals surface area (Å²) in [5, 5.41) is 0.300. The first-order chi connectivity index (χ1) is 8.08. The third-order valence-electron chi connectivity index (χ3n) is 1.92. The molecule has 0 aliphatic rings. The highest BCUT2D eigenvalue weighted by atomic mass is 35.5. The van der Waals surface area contributed by atoms with Crippen molar-refractivity contribution in [2.75, 3.05) is 4.72 Å². The number of aromatic nitrogens is 2. The lowest BCUT2D eigenvalue weighted by Gasteiger charge is -2.06. The molecule has 5 nitrogen and oxygen atoms in total. The van der Waals surface area contributed by atoms with E-state index in [2.05, 4.69) is 14.7 Å². The van der Waals surface area contributed by atoms with Crippen LogP contribution in [0.25, 0.3) is 0 Å². The van der Waals surface area contributed by atoms with Gasteiger partial charge in [-0.25, -0.2) is 13.4 Å². The Morgan fingerprint density at radius 2 is 2.00 bits per heavy atom. The van der Waals surface area contributed by atoms with E-state index in [0.717, 1.165) is 0 Å². The second-order valence-corrected chi connectivity index (χ2v) is 5.23. The fourth-order valence-electron chi connectivity index (χ4n) is 1.16. The van der Waals surface area contributed by atoms with Crippen LogP contribution in [0, 0.1) is 0 Å². The quantitative estimate of drug-likeness (QED) is 0.864. The number of hydrogen-bond donors (Lipinski definition) is 1. The lowest BCUT2D eigenvalue weighted by Crippen LogP contribution is -2.13. The van der Waals surface area contributed by atoms with Crippen LogP contribution in [0.2, 0.25) is 5.15 Å². The van der Waals surface area contributed by atoms with E-state index in [1.165, 1.54) is 36.8 Å². The molecule has 0 bridgehead atoms. The number of halogens is 1. The molecule has 2 aromatic heterocycles. The van der Waals surface area contributed by atoms with Gasteiger partial charge in [-0.15, -0.1) is 0 Å². The van der Waals surface area contributed by atoms with Gasteiger partial charge < -0.3 is 0 Å². The lowest BCUT2D eigenvalue weighted by molar-refractivity contribution is 0.601. The molecule has 88 valence electrons. The molecule has 0 aromatic carbocycles. The highest BCUT2D eigenvalue weighted by molar-refractivity contribution is 7.92. The summed E-state index contributed by atoms with van der Waals surface area (Å²) in [4.78, 5) is 7.62. The molecule has 1 N–H and O–H groups in total. The summed E-state index contributed by atoms with van der Waals surface area (Å²) in [5.74, 6) is 0. The van der Waals surface area contributed by atoms with Gasteiger partial charge in [0.2, 0.25) is 0 Å². The van der Waals surface area contributed by atoms with E-state index in [-0.39, 0.29) is 4.90 Å². The Hall–Kier alpha value is -1.66. The van der Waals surface area contributed by atoms with E-state index in [9.17, 15) is 8.42 Å². The van der Waals surface area contributed by atoms with E-state index < -0.39 is 10.0 Å². The van der Waals surface area contributed by atoms with Gasteiger partial charge in [-0.05, 0) is 24.3 Å². The molecule has 2 aromatic rings. The fraction of sp³-hybridized carbons (Fsp3) is 0. The van der Waals surface area contributed by atoms with E-state index >= 15 is 0 Å². The molecule has 0 amide bonds. The van der Waals surface area contributed by atoms with Crippen LogP contribution in [0.5, 0.6) is 0 Å². The maximum atomic E-state index is 11.9. The standard InChI is InChI=1S/C10H8ClN3O2S/c11-10-4-3-8(6-13-10)14-17(15,16)9-2-1-5-12-7-9/h1-7,14H. The van der Waals surface area contributed by atoms with Crippen molar-refractivity contribution in [2.24, 2.45) is 0 Å². The molecular weight excluding hydrogens is 262 g/mol. The first kappa shape index (κ1) is 11.8. The van der Waals surface area contributed by atoms with Crippen LogP contribution in [-0.4, -0.2) is 18.4 Å². The summed E-state index contributed by atoms with van der Waals surface area (Å²) in [6, 6.07) is 6.04. The van der Waals surface area contributed by atoms with Crippen molar-refractivity contribution in [3.05, 3.63) is 48.0 Å². The van der Waals surface area contributed by atoms with Crippen LogP contribution in [0.3, 0.4) is 0 Å². The average molecular weight is 270 g/mol. The van der Waals surface area contributed by atoms with Crippen molar-refractivity contribution < 1.29 is 8.42 Å². The Morgan fingerprint density at radius 3 is 2.59 bits per heavy atom. The Balaban J connectivity index is 2.27. The second kappa shape index (κ2) is 4.68. The van der Waals surface area contributed by atoms with Crippen LogP contribution in [-0.2, 0) is 10.0 Å². The minimum atomic E-state index is -3.62. The largest absolute Gasteiger partial charge is 0.278 e. The minimum absolute atomic E-state index is 0.0925. The molecule has 7 heteroatoms. The Bertz CT molecular complexity index is 599. The van der Waals surface area contributed by atoms with Crippen LogP contribution >= 0.6 is 11.6 Å². The van der Waals surface area contributed by atoms with Crippen molar-refractivity contribution in [2.45, 2.75) is 4.90 Å². The van der Waals surface area contributed by atoms with Crippen LogP contribution in [0.4, 0.5) is 5.69 Å². The van der Waals surface area contributed by atoms with Gasteiger partial charge in [0.05, 0.1) is 11.9 Å².